The lowest BCUT2D eigenvalue weighted by Gasteiger charge is -2.25. The van der Waals surface area contributed by atoms with Gasteiger partial charge in [0, 0.05) is 5.02 Å². The second kappa shape index (κ2) is 7.98. The number of nitrogens with one attached hydrogen (secondary N) is 1. The molecule has 1 amide bonds. The number of benzene rings is 1. The first-order chi connectivity index (χ1) is 11.8. The third-order valence-corrected chi connectivity index (χ3v) is 3.40. The molecule has 1 aromatic heterocycles. The van der Waals surface area contributed by atoms with Gasteiger partial charge in [-0.1, -0.05) is 11.6 Å². The summed E-state index contributed by atoms with van der Waals surface area (Å²) < 4.78 is 15.7. The minimum absolute atomic E-state index is 0.0709. The number of carbonyl (C=O) groups excluding carboxylic acids is 1. The standard InChI is InChI=1S/C16H19ClN4O4/c1-16(2,25-11-7-5-10(17)6-8-11)13(22)18-9-12-19-14(23-3)21-15(20-12)24-4/h5-8H,9H2,1-4H3,(H,18,22). The SMILES string of the molecule is COc1nc(CNC(=O)C(C)(C)Oc2ccc(Cl)cc2)nc(OC)n1. The van der Waals surface area contributed by atoms with E-state index in [0.29, 0.717) is 16.6 Å². The van der Waals surface area contributed by atoms with E-state index in [1.54, 1.807) is 38.1 Å². The van der Waals surface area contributed by atoms with Crippen molar-refractivity contribution < 1.29 is 19.0 Å². The molecule has 0 atom stereocenters. The lowest BCUT2D eigenvalue weighted by molar-refractivity contribution is -0.134. The summed E-state index contributed by atoms with van der Waals surface area (Å²) in [4.78, 5) is 24.4. The van der Waals surface area contributed by atoms with Crippen LogP contribution in [0.1, 0.15) is 19.7 Å². The molecule has 0 aliphatic rings. The smallest absolute Gasteiger partial charge is 0.322 e. The van der Waals surface area contributed by atoms with E-state index in [9.17, 15) is 4.79 Å². The molecule has 2 rings (SSSR count). The molecule has 0 saturated heterocycles. The third-order valence-electron chi connectivity index (χ3n) is 3.15. The first-order valence-electron chi connectivity index (χ1n) is 7.40. The average Bonchev–Trinajstić information content (AvgIpc) is 2.60. The number of hydrogen-bond acceptors (Lipinski definition) is 7. The van der Waals surface area contributed by atoms with E-state index >= 15 is 0 Å². The van der Waals surface area contributed by atoms with Crippen LogP contribution in [0.5, 0.6) is 17.8 Å². The summed E-state index contributed by atoms with van der Waals surface area (Å²) in [6, 6.07) is 6.97. The molecule has 1 aromatic carbocycles. The maximum absolute atomic E-state index is 12.4. The maximum atomic E-state index is 12.4. The predicted octanol–water partition coefficient (Wildman–Crippen LogP) is 2.02. The molecule has 2 aromatic rings. The number of ether oxygens (including phenoxy) is 3. The van der Waals surface area contributed by atoms with Gasteiger partial charge in [-0.05, 0) is 38.1 Å². The molecule has 0 spiro atoms. The van der Waals surface area contributed by atoms with Crippen LogP contribution in [-0.4, -0.2) is 40.7 Å². The first kappa shape index (κ1) is 18.7. The van der Waals surface area contributed by atoms with Crippen LogP contribution in [0.25, 0.3) is 0 Å². The molecular formula is C16H19ClN4O4. The molecule has 25 heavy (non-hydrogen) atoms. The van der Waals surface area contributed by atoms with Crippen LogP contribution in [0.3, 0.4) is 0 Å². The third kappa shape index (κ3) is 5.18. The van der Waals surface area contributed by atoms with Crippen molar-refractivity contribution in [2.45, 2.75) is 26.0 Å². The summed E-state index contributed by atoms with van der Waals surface area (Å²) in [6.45, 7) is 3.39. The summed E-state index contributed by atoms with van der Waals surface area (Å²) in [5.41, 5.74) is -1.10. The average molecular weight is 367 g/mol. The van der Waals surface area contributed by atoms with E-state index in [-0.39, 0.29) is 24.5 Å². The van der Waals surface area contributed by atoms with Crippen LogP contribution in [0, 0.1) is 0 Å². The summed E-state index contributed by atoms with van der Waals surface area (Å²) in [5.74, 6) is 0.508. The van der Waals surface area contributed by atoms with Crippen molar-refractivity contribution in [3.05, 3.63) is 35.1 Å². The normalized spacial score (nSPS) is 10.9. The number of hydrogen-bond donors (Lipinski definition) is 1. The van der Waals surface area contributed by atoms with E-state index in [1.807, 2.05) is 0 Å². The number of halogens is 1. The summed E-state index contributed by atoms with van der Waals surface area (Å²) in [7, 11) is 2.86. The highest BCUT2D eigenvalue weighted by Crippen LogP contribution is 2.21. The molecule has 1 heterocycles. The van der Waals surface area contributed by atoms with E-state index in [1.165, 1.54) is 14.2 Å². The maximum Gasteiger partial charge on any atom is 0.322 e. The Hall–Kier alpha value is -2.61. The van der Waals surface area contributed by atoms with E-state index in [0.717, 1.165) is 0 Å². The Bertz CT molecular complexity index is 715. The Morgan fingerprint density at radius 1 is 1.08 bits per heavy atom. The van der Waals surface area contributed by atoms with E-state index in [2.05, 4.69) is 20.3 Å². The summed E-state index contributed by atoms with van der Waals surface area (Å²) >= 11 is 5.84. The molecule has 0 radical (unpaired) electrons. The molecular weight excluding hydrogens is 348 g/mol. The van der Waals surface area contributed by atoms with Crippen LogP contribution >= 0.6 is 11.6 Å². The molecule has 0 bridgehead atoms. The Morgan fingerprint density at radius 2 is 1.64 bits per heavy atom. The molecule has 0 fully saturated rings. The summed E-state index contributed by atoms with van der Waals surface area (Å²) in [6.07, 6.45) is 0. The van der Waals surface area contributed by atoms with Gasteiger partial charge >= 0.3 is 12.0 Å². The molecule has 9 heteroatoms. The molecule has 0 aliphatic heterocycles. The lowest BCUT2D eigenvalue weighted by atomic mass is 10.1. The number of carbonyl (C=O) groups is 1. The Balaban J connectivity index is 2.02. The van der Waals surface area contributed by atoms with Gasteiger partial charge in [0.25, 0.3) is 5.91 Å². The Morgan fingerprint density at radius 3 is 2.16 bits per heavy atom. The van der Waals surface area contributed by atoms with Gasteiger partial charge in [-0.15, -0.1) is 4.98 Å². The molecule has 0 unspecified atom stereocenters. The summed E-state index contributed by atoms with van der Waals surface area (Å²) in [5, 5.41) is 3.31. The zero-order valence-electron chi connectivity index (χ0n) is 14.4. The number of methoxy groups -OCH3 is 2. The highest BCUT2D eigenvalue weighted by molar-refractivity contribution is 6.30. The second-order valence-corrected chi connectivity index (χ2v) is 5.91. The molecule has 0 saturated carbocycles. The first-order valence-corrected chi connectivity index (χ1v) is 7.77. The zero-order chi connectivity index (χ0) is 18.4. The minimum atomic E-state index is -1.10. The van der Waals surface area contributed by atoms with E-state index < -0.39 is 5.60 Å². The van der Waals surface area contributed by atoms with Crippen molar-refractivity contribution in [3.63, 3.8) is 0 Å². The van der Waals surface area contributed by atoms with Gasteiger partial charge in [-0.25, -0.2) is 0 Å². The fourth-order valence-corrected chi connectivity index (χ4v) is 1.98. The Labute approximate surface area is 150 Å². The fourth-order valence-electron chi connectivity index (χ4n) is 1.86. The number of rotatable bonds is 7. The Kier molecular flexibility index (Phi) is 5.97. The molecule has 134 valence electrons. The van der Waals surface area contributed by atoms with Gasteiger partial charge in [-0.3, -0.25) is 4.79 Å². The zero-order valence-corrected chi connectivity index (χ0v) is 15.1. The number of amides is 1. The van der Waals surface area contributed by atoms with Gasteiger partial charge in [0.1, 0.15) is 5.75 Å². The van der Waals surface area contributed by atoms with Gasteiger partial charge < -0.3 is 19.5 Å². The van der Waals surface area contributed by atoms with Crippen LogP contribution in [0.15, 0.2) is 24.3 Å². The quantitative estimate of drug-likeness (QED) is 0.800. The van der Waals surface area contributed by atoms with Gasteiger partial charge in [0.05, 0.1) is 20.8 Å². The van der Waals surface area contributed by atoms with Gasteiger partial charge in [-0.2, -0.15) is 9.97 Å². The largest absolute Gasteiger partial charge is 0.478 e. The fraction of sp³-hybridized carbons (Fsp3) is 0.375. The van der Waals surface area contributed by atoms with Crippen molar-refractivity contribution in [1.29, 1.82) is 0 Å². The van der Waals surface area contributed by atoms with E-state index in [4.69, 9.17) is 25.8 Å². The van der Waals surface area contributed by atoms with Gasteiger partial charge in [0.15, 0.2) is 11.4 Å². The molecule has 1 N–H and O–H groups in total. The van der Waals surface area contributed by atoms with Crippen molar-refractivity contribution >= 4 is 17.5 Å². The predicted molar refractivity (Wildman–Crippen MR) is 90.9 cm³/mol. The van der Waals surface area contributed by atoms with Gasteiger partial charge in [0.2, 0.25) is 0 Å². The van der Waals surface area contributed by atoms with Crippen molar-refractivity contribution in [2.24, 2.45) is 0 Å². The molecule has 0 aliphatic carbocycles. The number of aromatic nitrogens is 3. The van der Waals surface area contributed by atoms with Crippen LogP contribution in [0.2, 0.25) is 5.02 Å². The van der Waals surface area contributed by atoms with Crippen molar-refractivity contribution in [1.82, 2.24) is 20.3 Å². The highest BCUT2D eigenvalue weighted by Gasteiger charge is 2.30. The minimum Gasteiger partial charge on any atom is -0.478 e. The highest BCUT2D eigenvalue weighted by atomic mass is 35.5. The lowest BCUT2D eigenvalue weighted by Crippen LogP contribution is -2.46. The van der Waals surface area contributed by atoms with Crippen molar-refractivity contribution in [2.75, 3.05) is 14.2 Å². The molecule has 8 nitrogen and oxygen atoms in total. The van der Waals surface area contributed by atoms with Crippen LogP contribution in [-0.2, 0) is 11.3 Å². The number of nitrogens with zero attached hydrogens (tertiary/aromatic N) is 3. The van der Waals surface area contributed by atoms with Crippen LogP contribution < -0.4 is 19.5 Å². The van der Waals surface area contributed by atoms with Crippen LogP contribution in [0.4, 0.5) is 0 Å². The topological polar surface area (TPSA) is 95.5 Å². The van der Waals surface area contributed by atoms with Crippen molar-refractivity contribution in [3.8, 4) is 17.8 Å². The second-order valence-electron chi connectivity index (χ2n) is 5.47. The monoisotopic (exact) mass is 366 g/mol.